The summed E-state index contributed by atoms with van der Waals surface area (Å²) in [5, 5.41) is 23.0. The van der Waals surface area contributed by atoms with Gasteiger partial charge in [0.2, 0.25) is 0 Å². The van der Waals surface area contributed by atoms with Gasteiger partial charge >= 0.3 is 0 Å². The average molecular weight is 320 g/mol. The number of phenols is 1. The lowest BCUT2D eigenvalue weighted by Crippen LogP contribution is -2.03. The Morgan fingerprint density at radius 1 is 0.833 bits per heavy atom. The molecule has 0 fully saturated rings. The smallest absolute Gasteiger partial charge is 0.123 e. The number of phenolic OH excluding ortho intramolecular Hbond substituents is 1. The molecule has 0 bridgehead atoms. The summed E-state index contributed by atoms with van der Waals surface area (Å²) in [6.07, 6.45) is 1.05. The summed E-state index contributed by atoms with van der Waals surface area (Å²) >= 11 is 0. The van der Waals surface area contributed by atoms with Crippen LogP contribution in [0.25, 0.3) is 21.9 Å². The first kappa shape index (κ1) is 16.5. The van der Waals surface area contributed by atoms with Gasteiger partial charge in [0.1, 0.15) is 5.75 Å². The van der Waals surface area contributed by atoms with Crippen LogP contribution in [0, 0.1) is 5.92 Å². The third kappa shape index (κ3) is 3.29. The Balaban J connectivity index is 2.20. The number of rotatable bonds is 5. The van der Waals surface area contributed by atoms with E-state index in [2.05, 4.69) is 26.0 Å². The van der Waals surface area contributed by atoms with Gasteiger partial charge in [0, 0.05) is 5.39 Å². The van der Waals surface area contributed by atoms with E-state index in [-0.39, 0.29) is 5.75 Å². The van der Waals surface area contributed by atoms with E-state index >= 15 is 0 Å². The van der Waals surface area contributed by atoms with Gasteiger partial charge in [0.25, 0.3) is 0 Å². The molecule has 1 atom stereocenters. The number of hydrogen-bond acceptors (Lipinski definition) is 2. The molecule has 0 saturated heterocycles. The van der Waals surface area contributed by atoms with Crippen molar-refractivity contribution >= 4 is 10.8 Å². The maximum absolute atomic E-state index is 10.8. The zero-order valence-electron chi connectivity index (χ0n) is 14.2. The van der Waals surface area contributed by atoms with E-state index in [0.29, 0.717) is 12.3 Å². The molecule has 1 unspecified atom stereocenters. The van der Waals surface area contributed by atoms with Crippen LogP contribution < -0.4 is 0 Å². The fraction of sp³-hybridized carbons (Fsp3) is 0.273. The molecular weight excluding hydrogens is 296 g/mol. The lowest BCUT2D eigenvalue weighted by molar-refractivity contribution is 0.159. The highest BCUT2D eigenvalue weighted by molar-refractivity contribution is 6.01. The quantitative estimate of drug-likeness (QED) is 0.634. The molecule has 2 N–H and O–H groups in total. The van der Waals surface area contributed by atoms with E-state index in [1.807, 2.05) is 42.5 Å². The number of benzene rings is 3. The molecule has 0 heterocycles. The van der Waals surface area contributed by atoms with Crippen LogP contribution in [-0.2, 0) is 0 Å². The number of aromatic hydroxyl groups is 1. The van der Waals surface area contributed by atoms with Crippen LogP contribution in [0.2, 0.25) is 0 Å². The topological polar surface area (TPSA) is 40.5 Å². The summed E-state index contributed by atoms with van der Waals surface area (Å²) in [5.74, 6) is 0.762. The summed E-state index contributed by atoms with van der Waals surface area (Å²) in [7, 11) is 0. The third-order valence-electron chi connectivity index (χ3n) is 4.49. The van der Waals surface area contributed by atoms with Crippen molar-refractivity contribution in [3.8, 4) is 16.9 Å². The van der Waals surface area contributed by atoms with Gasteiger partial charge in [-0.1, -0.05) is 68.4 Å². The van der Waals surface area contributed by atoms with Crippen molar-refractivity contribution in [2.45, 2.75) is 32.8 Å². The first-order valence-corrected chi connectivity index (χ1v) is 8.56. The summed E-state index contributed by atoms with van der Waals surface area (Å²) in [5.41, 5.74) is 2.88. The normalized spacial score (nSPS) is 12.7. The Bertz CT molecular complexity index is 822. The molecule has 2 nitrogen and oxygen atoms in total. The highest BCUT2D eigenvalue weighted by atomic mass is 16.3. The van der Waals surface area contributed by atoms with E-state index < -0.39 is 6.10 Å². The highest BCUT2D eigenvalue weighted by Gasteiger charge is 2.19. The fourth-order valence-corrected chi connectivity index (χ4v) is 3.21. The predicted octanol–water partition coefficient (Wildman–Crippen LogP) is 5.68. The van der Waals surface area contributed by atoms with Crippen molar-refractivity contribution in [3.05, 3.63) is 66.2 Å². The molecule has 0 saturated carbocycles. The number of aliphatic hydroxyl groups excluding tert-OH is 1. The van der Waals surface area contributed by atoms with Crippen LogP contribution in [0.1, 0.15) is 38.4 Å². The summed E-state index contributed by atoms with van der Waals surface area (Å²) in [4.78, 5) is 0. The first-order chi connectivity index (χ1) is 11.6. The standard InChI is InChI=1S/C22H24O2/c1-15(2)12-13-20(23)19-14-21(24)17-10-6-7-11-18(17)22(19)16-8-4-3-5-9-16/h3-11,14-15,20,23-24H,12-13H2,1-2H3. The van der Waals surface area contributed by atoms with E-state index in [1.54, 1.807) is 6.07 Å². The Labute approximate surface area is 143 Å². The van der Waals surface area contributed by atoms with Gasteiger partial charge in [-0.3, -0.25) is 0 Å². The number of aliphatic hydroxyl groups is 1. The Kier molecular flexibility index (Phi) is 4.86. The third-order valence-corrected chi connectivity index (χ3v) is 4.49. The van der Waals surface area contributed by atoms with E-state index in [4.69, 9.17) is 0 Å². The minimum absolute atomic E-state index is 0.226. The Morgan fingerprint density at radius 3 is 2.12 bits per heavy atom. The lowest BCUT2D eigenvalue weighted by Gasteiger charge is -2.20. The molecule has 2 heteroatoms. The lowest BCUT2D eigenvalue weighted by atomic mass is 9.88. The highest BCUT2D eigenvalue weighted by Crippen LogP contribution is 2.40. The average Bonchev–Trinajstić information content (AvgIpc) is 2.60. The van der Waals surface area contributed by atoms with Gasteiger partial charge in [-0.25, -0.2) is 0 Å². The van der Waals surface area contributed by atoms with Gasteiger partial charge in [0.15, 0.2) is 0 Å². The summed E-state index contributed by atoms with van der Waals surface area (Å²) in [6.45, 7) is 4.31. The van der Waals surface area contributed by atoms with Gasteiger partial charge in [-0.15, -0.1) is 0 Å². The molecular formula is C22H24O2. The molecule has 124 valence electrons. The predicted molar refractivity (Wildman–Crippen MR) is 100 cm³/mol. The zero-order valence-corrected chi connectivity index (χ0v) is 14.2. The SMILES string of the molecule is CC(C)CCC(O)c1cc(O)c2ccccc2c1-c1ccccc1. The van der Waals surface area contributed by atoms with Crippen LogP contribution in [0.5, 0.6) is 5.75 Å². The molecule has 0 radical (unpaired) electrons. The van der Waals surface area contributed by atoms with Crippen molar-refractivity contribution < 1.29 is 10.2 Å². The molecule has 0 amide bonds. The van der Waals surface area contributed by atoms with Crippen molar-refractivity contribution in [2.24, 2.45) is 5.92 Å². The molecule has 3 rings (SSSR count). The van der Waals surface area contributed by atoms with Crippen molar-refractivity contribution in [1.82, 2.24) is 0 Å². The van der Waals surface area contributed by atoms with Crippen LogP contribution in [0.3, 0.4) is 0 Å². The molecule has 3 aromatic rings. The van der Waals surface area contributed by atoms with Crippen molar-refractivity contribution in [1.29, 1.82) is 0 Å². The second kappa shape index (κ2) is 7.06. The molecule has 0 aliphatic carbocycles. The Hall–Kier alpha value is -2.32. The molecule has 0 aromatic heterocycles. The first-order valence-electron chi connectivity index (χ1n) is 8.56. The maximum Gasteiger partial charge on any atom is 0.123 e. The largest absolute Gasteiger partial charge is 0.507 e. The number of fused-ring (bicyclic) bond motifs is 1. The van der Waals surface area contributed by atoms with Crippen LogP contribution in [0.15, 0.2) is 60.7 Å². The second-order valence-corrected chi connectivity index (χ2v) is 6.76. The summed E-state index contributed by atoms with van der Waals surface area (Å²) in [6, 6.07) is 19.6. The minimum atomic E-state index is -0.585. The Morgan fingerprint density at radius 2 is 1.46 bits per heavy atom. The van der Waals surface area contributed by atoms with Crippen LogP contribution >= 0.6 is 0 Å². The molecule has 0 spiro atoms. The van der Waals surface area contributed by atoms with E-state index in [0.717, 1.165) is 33.9 Å². The monoisotopic (exact) mass is 320 g/mol. The summed E-state index contributed by atoms with van der Waals surface area (Å²) < 4.78 is 0. The number of hydrogen-bond donors (Lipinski definition) is 2. The molecule has 0 aliphatic rings. The molecule has 24 heavy (non-hydrogen) atoms. The van der Waals surface area contributed by atoms with E-state index in [9.17, 15) is 10.2 Å². The molecule has 3 aromatic carbocycles. The van der Waals surface area contributed by atoms with Crippen molar-refractivity contribution in [3.63, 3.8) is 0 Å². The fourth-order valence-electron chi connectivity index (χ4n) is 3.21. The van der Waals surface area contributed by atoms with Crippen molar-refractivity contribution in [2.75, 3.05) is 0 Å². The van der Waals surface area contributed by atoms with Gasteiger partial charge in [0.05, 0.1) is 6.10 Å². The van der Waals surface area contributed by atoms with Gasteiger partial charge < -0.3 is 10.2 Å². The van der Waals surface area contributed by atoms with Gasteiger partial charge in [-0.05, 0) is 46.9 Å². The van der Waals surface area contributed by atoms with Crippen LogP contribution in [-0.4, -0.2) is 10.2 Å². The second-order valence-electron chi connectivity index (χ2n) is 6.76. The van der Waals surface area contributed by atoms with Gasteiger partial charge in [-0.2, -0.15) is 0 Å². The minimum Gasteiger partial charge on any atom is -0.507 e. The van der Waals surface area contributed by atoms with E-state index in [1.165, 1.54) is 0 Å². The zero-order chi connectivity index (χ0) is 17.1. The molecule has 0 aliphatic heterocycles. The van der Waals surface area contributed by atoms with Crippen LogP contribution in [0.4, 0.5) is 0 Å². The maximum atomic E-state index is 10.8.